The maximum absolute atomic E-state index is 9.53. The van der Waals surface area contributed by atoms with Crippen LogP contribution in [0, 0.1) is 0 Å². The standard InChI is InChI=1S/C11H15NO3/c1-6(2)8-3-7(13)4-9-11(8)15-5-10(14)12-9/h3-4,6,10,12-14H,5H2,1-2H3. The first-order valence-corrected chi connectivity index (χ1v) is 5.02. The molecule has 1 unspecified atom stereocenters. The van der Waals surface area contributed by atoms with E-state index < -0.39 is 6.23 Å². The Kier molecular flexibility index (Phi) is 2.44. The fourth-order valence-electron chi connectivity index (χ4n) is 1.72. The van der Waals surface area contributed by atoms with Gasteiger partial charge in [0.2, 0.25) is 0 Å². The average molecular weight is 209 g/mol. The summed E-state index contributed by atoms with van der Waals surface area (Å²) in [6.45, 7) is 4.30. The van der Waals surface area contributed by atoms with Gasteiger partial charge in [-0.3, -0.25) is 0 Å². The topological polar surface area (TPSA) is 61.7 Å². The number of phenols is 1. The van der Waals surface area contributed by atoms with Gasteiger partial charge in [-0.25, -0.2) is 0 Å². The zero-order valence-electron chi connectivity index (χ0n) is 8.82. The average Bonchev–Trinajstić information content (AvgIpc) is 2.15. The molecule has 0 spiro atoms. The van der Waals surface area contributed by atoms with Crippen LogP contribution in [0.3, 0.4) is 0 Å². The molecule has 0 fully saturated rings. The molecule has 0 amide bonds. The first-order chi connectivity index (χ1) is 7.08. The minimum absolute atomic E-state index is 0.183. The molecule has 15 heavy (non-hydrogen) atoms. The van der Waals surface area contributed by atoms with E-state index in [9.17, 15) is 10.2 Å². The molecule has 3 N–H and O–H groups in total. The van der Waals surface area contributed by atoms with Crippen LogP contribution in [0.25, 0.3) is 0 Å². The van der Waals surface area contributed by atoms with Crippen molar-refractivity contribution >= 4 is 5.69 Å². The number of anilines is 1. The van der Waals surface area contributed by atoms with Gasteiger partial charge in [0.1, 0.15) is 18.1 Å². The number of rotatable bonds is 1. The predicted molar refractivity (Wildman–Crippen MR) is 57.3 cm³/mol. The molecule has 1 heterocycles. The van der Waals surface area contributed by atoms with Gasteiger partial charge < -0.3 is 20.3 Å². The van der Waals surface area contributed by atoms with Crippen molar-refractivity contribution in [2.75, 3.05) is 11.9 Å². The molecule has 0 saturated heterocycles. The van der Waals surface area contributed by atoms with Crippen molar-refractivity contribution in [1.82, 2.24) is 0 Å². The van der Waals surface area contributed by atoms with Crippen molar-refractivity contribution < 1.29 is 14.9 Å². The zero-order chi connectivity index (χ0) is 11.0. The van der Waals surface area contributed by atoms with Crippen LogP contribution in [0.1, 0.15) is 25.3 Å². The second-order valence-corrected chi connectivity index (χ2v) is 4.04. The third kappa shape index (κ3) is 1.85. The fraction of sp³-hybridized carbons (Fsp3) is 0.455. The van der Waals surface area contributed by atoms with E-state index in [0.717, 1.165) is 11.3 Å². The van der Waals surface area contributed by atoms with E-state index in [1.807, 2.05) is 13.8 Å². The number of aromatic hydroxyl groups is 1. The van der Waals surface area contributed by atoms with Gasteiger partial charge in [0.05, 0.1) is 5.69 Å². The van der Waals surface area contributed by atoms with Crippen molar-refractivity contribution in [3.8, 4) is 11.5 Å². The molecule has 2 rings (SSSR count). The fourth-order valence-corrected chi connectivity index (χ4v) is 1.72. The minimum atomic E-state index is -0.709. The molecule has 4 heteroatoms. The maximum atomic E-state index is 9.53. The number of benzene rings is 1. The normalized spacial score (nSPS) is 19.3. The van der Waals surface area contributed by atoms with Crippen LogP contribution in [-0.4, -0.2) is 23.0 Å². The Morgan fingerprint density at radius 1 is 1.47 bits per heavy atom. The Bertz CT molecular complexity index is 376. The first-order valence-electron chi connectivity index (χ1n) is 5.02. The van der Waals surface area contributed by atoms with Gasteiger partial charge in [0.15, 0.2) is 6.23 Å². The summed E-state index contributed by atoms with van der Waals surface area (Å²) >= 11 is 0. The van der Waals surface area contributed by atoms with E-state index in [2.05, 4.69) is 5.32 Å². The molecule has 1 aromatic rings. The van der Waals surface area contributed by atoms with Crippen LogP contribution in [0.5, 0.6) is 11.5 Å². The summed E-state index contributed by atoms with van der Waals surface area (Å²) in [5, 5.41) is 21.8. The number of ether oxygens (including phenoxy) is 1. The van der Waals surface area contributed by atoms with Gasteiger partial charge in [-0.05, 0) is 12.0 Å². The quantitative estimate of drug-likeness (QED) is 0.658. The summed E-state index contributed by atoms with van der Waals surface area (Å²) in [7, 11) is 0. The zero-order valence-corrected chi connectivity index (χ0v) is 8.82. The lowest BCUT2D eigenvalue weighted by Crippen LogP contribution is -2.31. The van der Waals surface area contributed by atoms with Crippen LogP contribution < -0.4 is 10.1 Å². The number of fused-ring (bicyclic) bond motifs is 1. The summed E-state index contributed by atoms with van der Waals surface area (Å²) in [6, 6.07) is 3.26. The van der Waals surface area contributed by atoms with E-state index in [0.29, 0.717) is 5.69 Å². The number of hydrogen-bond acceptors (Lipinski definition) is 4. The largest absolute Gasteiger partial charge is 0.508 e. The monoisotopic (exact) mass is 209 g/mol. The highest BCUT2D eigenvalue weighted by atomic mass is 16.5. The van der Waals surface area contributed by atoms with Crippen LogP contribution in [0.4, 0.5) is 5.69 Å². The Morgan fingerprint density at radius 3 is 2.87 bits per heavy atom. The third-order valence-corrected chi connectivity index (χ3v) is 2.43. The molecule has 0 radical (unpaired) electrons. The Balaban J connectivity index is 2.49. The molecule has 1 atom stereocenters. The van der Waals surface area contributed by atoms with Gasteiger partial charge in [-0.1, -0.05) is 13.8 Å². The Labute approximate surface area is 88.5 Å². The molecule has 4 nitrogen and oxygen atoms in total. The number of aliphatic hydroxyl groups is 1. The SMILES string of the molecule is CC(C)c1cc(O)cc2c1OCC(O)N2. The molecule has 0 aromatic heterocycles. The van der Waals surface area contributed by atoms with Crippen molar-refractivity contribution in [3.63, 3.8) is 0 Å². The molecule has 1 aliphatic rings. The smallest absolute Gasteiger partial charge is 0.159 e. The van der Waals surface area contributed by atoms with Gasteiger partial charge >= 0.3 is 0 Å². The van der Waals surface area contributed by atoms with Crippen LogP contribution in [0.15, 0.2) is 12.1 Å². The van der Waals surface area contributed by atoms with Crippen LogP contribution >= 0.6 is 0 Å². The van der Waals surface area contributed by atoms with E-state index in [-0.39, 0.29) is 18.3 Å². The molecule has 1 aromatic carbocycles. The van der Waals surface area contributed by atoms with E-state index in [1.54, 1.807) is 12.1 Å². The van der Waals surface area contributed by atoms with Gasteiger partial charge in [0.25, 0.3) is 0 Å². The summed E-state index contributed by atoms with van der Waals surface area (Å²) in [6.07, 6.45) is -0.709. The summed E-state index contributed by atoms with van der Waals surface area (Å²) in [5.41, 5.74) is 1.60. The van der Waals surface area contributed by atoms with Crippen LogP contribution in [0.2, 0.25) is 0 Å². The van der Waals surface area contributed by atoms with Crippen molar-refractivity contribution in [2.24, 2.45) is 0 Å². The number of aliphatic hydroxyl groups excluding tert-OH is 1. The molecule has 0 aliphatic carbocycles. The highest BCUT2D eigenvalue weighted by Gasteiger charge is 2.21. The lowest BCUT2D eigenvalue weighted by atomic mass is 10.00. The number of hydrogen-bond donors (Lipinski definition) is 3. The summed E-state index contributed by atoms with van der Waals surface area (Å²) < 4.78 is 5.46. The predicted octanol–water partition coefficient (Wildman–Crippen LogP) is 1.64. The molecular formula is C11H15NO3. The van der Waals surface area contributed by atoms with Crippen molar-refractivity contribution in [2.45, 2.75) is 26.0 Å². The second kappa shape index (κ2) is 3.62. The first kappa shape index (κ1) is 10.1. The van der Waals surface area contributed by atoms with Gasteiger partial charge in [0, 0.05) is 11.6 Å². The lowest BCUT2D eigenvalue weighted by molar-refractivity contribution is 0.118. The summed E-state index contributed by atoms with van der Waals surface area (Å²) in [5.74, 6) is 1.18. The third-order valence-electron chi connectivity index (χ3n) is 2.43. The molecule has 1 aliphatic heterocycles. The Morgan fingerprint density at radius 2 is 2.20 bits per heavy atom. The number of nitrogens with one attached hydrogen (secondary N) is 1. The van der Waals surface area contributed by atoms with Crippen LogP contribution in [-0.2, 0) is 0 Å². The molecular weight excluding hydrogens is 194 g/mol. The van der Waals surface area contributed by atoms with E-state index >= 15 is 0 Å². The number of phenolic OH excluding ortho intramolecular Hbond substituents is 1. The minimum Gasteiger partial charge on any atom is -0.508 e. The highest BCUT2D eigenvalue weighted by molar-refractivity contribution is 5.65. The summed E-state index contributed by atoms with van der Waals surface area (Å²) in [4.78, 5) is 0. The lowest BCUT2D eigenvalue weighted by Gasteiger charge is -2.27. The van der Waals surface area contributed by atoms with E-state index in [4.69, 9.17) is 4.74 Å². The maximum Gasteiger partial charge on any atom is 0.159 e. The second-order valence-electron chi connectivity index (χ2n) is 4.04. The van der Waals surface area contributed by atoms with E-state index in [1.165, 1.54) is 0 Å². The van der Waals surface area contributed by atoms with Crippen molar-refractivity contribution in [3.05, 3.63) is 17.7 Å². The molecule has 0 bridgehead atoms. The Hall–Kier alpha value is -1.42. The highest BCUT2D eigenvalue weighted by Crippen LogP contribution is 2.39. The molecule has 82 valence electrons. The van der Waals surface area contributed by atoms with Crippen molar-refractivity contribution in [1.29, 1.82) is 0 Å². The van der Waals surface area contributed by atoms with Gasteiger partial charge in [-0.2, -0.15) is 0 Å². The molecule has 0 saturated carbocycles. The van der Waals surface area contributed by atoms with Gasteiger partial charge in [-0.15, -0.1) is 0 Å².